The highest BCUT2D eigenvalue weighted by molar-refractivity contribution is 5.98. The highest BCUT2D eigenvalue weighted by Crippen LogP contribution is 2.44. The van der Waals surface area contributed by atoms with Gasteiger partial charge in [-0.3, -0.25) is 0 Å². The summed E-state index contributed by atoms with van der Waals surface area (Å²) in [5.41, 5.74) is -0.144. The van der Waals surface area contributed by atoms with Gasteiger partial charge in [0.2, 0.25) is 0 Å². The number of carbonyl (C=O) groups excluding carboxylic acids is 1. The van der Waals surface area contributed by atoms with E-state index in [9.17, 15) is 9.90 Å². The van der Waals surface area contributed by atoms with Gasteiger partial charge in [-0.05, 0) is 19.9 Å². The van der Waals surface area contributed by atoms with Crippen molar-refractivity contribution in [3.8, 4) is 11.5 Å². The molecular weight excluding hydrogens is 236 g/mol. The normalized spacial score (nSPS) is 23.3. The Morgan fingerprint density at radius 2 is 2.00 bits per heavy atom. The van der Waals surface area contributed by atoms with E-state index in [-0.39, 0.29) is 0 Å². The lowest BCUT2D eigenvalue weighted by molar-refractivity contribution is -0.0656. The first-order valence-corrected chi connectivity index (χ1v) is 5.62. The van der Waals surface area contributed by atoms with Crippen molar-refractivity contribution < 1.29 is 24.1 Å². The second-order valence-electron chi connectivity index (χ2n) is 4.42. The molecule has 98 valence electrons. The molecule has 0 radical (unpaired) electrons. The molecule has 0 spiro atoms. The average molecular weight is 252 g/mol. The number of aliphatic hydroxyl groups is 1. The minimum Gasteiger partial charge on any atom is -0.497 e. The van der Waals surface area contributed by atoms with Crippen LogP contribution in [0, 0.1) is 0 Å². The molecule has 1 heterocycles. The fraction of sp³-hybridized carbons (Fsp3) is 0.462. The first-order valence-electron chi connectivity index (χ1n) is 5.62. The van der Waals surface area contributed by atoms with E-state index in [1.807, 2.05) is 0 Å². The molecule has 2 unspecified atom stereocenters. The predicted octanol–water partition coefficient (Wildman–Crippen LogP) is 1.47. The molecule has 2 rings (SSSR count). The van der Waals surface area contributed by atoms with Crippen LogP contribution in [0.1, 0.15) is 29.8 Å². The molecule has 2 atom stereocenters. The summed E-state index contributed by atoms with van der Waals surface area (Å²) in [4.78, 5) is 11.9. The number of benzene rings is 1. The molecule has 0 bridgehead atoms. The van der Waals surface area contributed by atoms with E-state index in [1.165, 1.54) is 14.2 Å². The van der Waals surface area contributed by atoms with Crippen LogP contribution in [0.5, 0.6) is 11.5 Å². The average Bonchev–Trinajstić information content (AvgIpc) is 2.61. The van der Waals surface area contributed by atoms with Gasteiger partial charge < -0.3 is 19.3 Å². The molecule has 1 N–H and O–H groups in total. The zero-order chi connectivity index (χ0) is 13.5. The van der Waals surface area contributed by atoms with Crippen molar-refractivity contribution in [3.05, 3.63) is 23.3 Å². The monoisotopic (exact) mass is 252 g/mol. The van der Waals surface area contributed by atoms with Crippen LogP contribution in [0.25, 0.3) is 0 Å². The van der Waals surface area contributed by atoms with Gasteiger partial charge in [-0.2, -0.15) is 0 Å². The summed E-state index contributed by atoms with van der Waals surface area (Å²) in [7, 11) is 3.00. The summed E-state index contributed by atoms with van der Waals surface area (Å²) in [6.07, 6.45) is -0.834. The maximum atomic E-state index is 11.9. The lowest BCUT2D eigenvalue weighted by Crippen LogP contribution is -2.34. The van der Waals surface area contributed by atoms with Crippen LogP contribution in [0.3, 0.4) is 0 Å². The van der Waals surface area contributed by atoms with Gasteiger partial charge in [-0.15, -0.1) is 0 Å². The van der Waals surface area contributed by atoms with Crippen molar-refractivity contribution in [2.75, 3.05) is 14.2 Å². The Morgan fingerprint density at radius 1 is 1.33 bits per heavy atom. The third-order valence-corrected chi connectivity index (χ3v) is 3.37. The third-order valence-electron chi connectivity index (χ3n) is 3.37. The fourth-order valence-corrected chi connectivity index (χ4v) is 2.08. The van der Waals surface area contributed by atoms with Crippen molar-refractivity contribution in [3.63, 3.8) is 0 Å². The zero-order valence-corrected chi connectivity index (χ0v) is 10.8. The number of fused-ring (bicyclic) bond motifs is 1. The number of aliphatic hydroxyl groups excluding tert-OH is 1. The number of hydrogen-bond acceptors (Lipinski definition) is 5. The first kappa shape index (κ1) is 12.7. The number of rotatable bonds is 3. The van der Waals surface area contributed by atoms with Crippen LogP contribution in [0.2, 0.25) is 0 Å². The molecule has 0 aromatic heterocycles. The van der Waals surface area contributed by atoms with Crippen LogP contribution in [-0.2, 0) is 10.3 Å². The highest BCUT2D eigenvalue weighted by atomic mass is 16.6. The van der Waals surface area contributed by atoms with Crippen molar-refractivity contribution in [1.82, 2.24) is 0 Å². The zero-order valence-electron chi connectivity index (χ0n) is 10.8. The number of cyclic esters (lactones) is 1. The maximum Gasteiger partial charge on any atom is 0.343 e. The van der Waals surface area contributed by atoms with Gasteiger partial charge in [-0.1, -0.05) is 0 Å². The molecule has 0 saturated carbocycles. The van der Waals surface area contributed by atoms with Crippen LogP contribution in [-0.4, -0.2) is 31.4 Å². The van der Waals surface area contributed by atoms with Crippen LogP contribution in [0.15, 0.2) is 12.1 Å². The lowest BCUT2D eigenvalue weighted by atomic mass is 9.89. The molecule has 5 heteroatoms. The van der Waals surface area contributed by atoms with Crippen molar-refractivity contribution in [2.45, 2.75) is 25.6 Å². The Hall–Kier alpha value is -1.75. The van der Waals surface area contributed by atoms with Crippen molar-refractivity contribution in [2.24, 2.45) is 0 Å². The van der Waals surface area contributed by atoms with E-state index in [0.29, 0.717) is 22.6 Å². The smallest absolute Gasteiger partial charge is 0.343 e. The van der Waals surface area contributed by atoms with E-state index >= 15 is 0 Å². The molecule has 0 fully saturated rings. The first-order chi connectivity index (χ1) is 8.43. The standard InChI is InChI=1S/C13H16O5/c1-7(14)13(2)9-5-8(16-3)6-10(17-4)11(9)12(15)18-13/h5-7,14H,1-4H3. The van der Waals surface area contributed by atoms with Gasteiger partial charge in [0.25, 0.3) is 0 Å². The largest absolute Gasteiger partial charge is 0.497 e. The molecule has 1 aliphatic heterocycles. The Labute approximate surface area is 105 Å². The van der Waals surface area contributed by atoms with E-state index in [4.69, 9.17) is 14.2 Å². The minimum atomic E-state index is -1.08. The third kappa shape index (κ3) is 1.62. The lowest BCUT2D eigenvalue weighted by Gasteiger charge is -2.27. The number of methoxy groups -OCH3 is 2. The van der Waals surface area contributed by atoms with Gasteiger partial charge in [0, 0.05) is 11.6 Å². The molecule has 0 saturated heterocycles. The van der Waals surface area contributed by atoms with Crippen LogP contribution >= 0.6 is 0 Å². The van der Waals surface area contributed by atoms with Crippen molar-refractivity contribution in [1.29, 1.82) is 0 Å². The van der Waals surface area contributed by atoms with Crippen LogP contribution < -0.4 is 9.47 Å². The second kappa shape index (κ2) is 4.17. The Kier molecular flexibility index (Phi) is 2.94. The van der Waals surface area contributed by atoms with Gasteiger partial charge in [0.15, 0.2) is 5.60 Å². The maximum absolute atomic E-state index is 11.9. The molecular formula is C13H16O5. The summed E-state index contributed by atoms with van der Waals surface area (Å²) in [6, 6.07) is 3.31. The molecule has 1 aromatic rings. The van der Waals surface area contributed by atoms with Crippen molar-refractivity contribution >= 4 is 5.97 Å². The topological polar surface area (TPSA) is 65.0 Å². The van der Waals surface area contributed by atoms with E-state index in [0.717, 1.165) is 0 Å². The fourth-order valence-electron chi connectivity index (χ4n) is 2.08. The van der Waals surface area contributed by atoms with Gasteiger partial charge in [0.1, 0.15) is 17.1 Å². The number of hydrogen-bond donors (Lipinski definition) is 1. The second-order valence-corrected chi connectivity index (χ2v) is 4.42. The summed E-state index contributed by atoms with van der Waals surface area (Å²) in [6.45, 7) is 3.24. The summed E-state index contributed by atoms with van der Waals surface area (Å²) >= 11 is 0. The SMILES string of the molecule is COc1cc(OC)c2c(c1)C(C)(C(C)O)OC2=O. The Balaban J connectivity index is 2.69. The number of ether oxygens (including phenoxy) is 3. The molecule has 18 heavy (non-hydrogen) atoms. The van der Waals surface area contributed by atoms with Crippen LogP contribution in [0.4, 0.5) is 0 Å². The summed E-state index contributed by atoms with van der Waals surface area (Å²) in [5, 5.41) is 9.84. The van der Waals surface area contributed by atoms with E-state index in [1.54, 1.807) is 26.0 Å². The number of carbonyl (C=O) groups is 1. The summed E-state index contributed by atoms with van der Waals surface area (Å²) < 4.78 is 15.6. The summed E-state index contributed by atoms with van der Waals surface area (Å²) in [5.74, 6) is 0.447. The highest BCUT2D eigenvalue weighted by Gasteiger charge is 2.47. The van der Waals surface area contributed by atoms with E-state index < -0.39 is 17.7 Å². The minimum absolute atomic E-state index is 0.349. The molecule has 0 aliphatic carbocycles. The molecule has 0 amide bonds. The predicted molar refractivity (Wildman–Crippen MR) is 64.0 cm³/mol. The van der Waals surface area contributed by atoms with Gasteiger partial charge >= 0.3 is 5.97 Å². The molecule has 1 aromatic carbocycles. The van der Waals surface area contributed by atoms with E-state index in [2.05, 4.69) is 0 Å². The number of esters is 1. The van der Waals surface area contributed by atoms with Gasteiger partial charge in [-0.25, -0.2) is 4.79 Å². The Bertz CT molecular complexity index is 494. The molecule has 1 aliphatic rings. The quantitative estimate of drug-likeness (QED) is 0.825. The Morgan fingerprint density at radius 3 is 2.50 bits per heavy atom. The molecule has 5 nitrogen and oxygen atoms in total. The van der Waals surface area contributed by atoms with Gasteiger partial charge in [0.05, 0.1) is 20.3 Å².